The highest BCUT2D eigenvalue weighted by Gasteiger charge is 2.18. The van der Waals surface area contributed by atoms with E-state index in [1.54, 1.807) is 6.07 Å². The second kappa shape index (κ2) is 5.43. The van der Waals surface area contributed by atoms with Crippen LogP contribution in [0.3, 0.4) is 0 Å². The van der Waals surface area contributed by atoms with E-state index < -0.39 is 10.0 Å². The first-order valence-corrected chi connectivity index (χ1v) is 8.01. The molecule has 1 aromatic carbocycles. The average Bonchev–Trinajstić information content (AvgIpc) is 2.31. The van der Waals surface area contributed by atoms with Gasteiger partial charge in [0.25, 0.3) is 10.0 Å². The van der Waals surface area contributed by atoms with Crippen LogP contribution in [0.25, 0.3) is 0 Å². The van der Waals surface area contributed by atoms with Gasteiger partial charge in [-0.3, -0.25) is 4.72 Å². The maximum Gasteiger partial charge on any atom is 0.265 e. The molecule has 9 heteroatoms. The number of aromatic nitrogens is 2. The fourth-order valence-electron chi connectivity index (χ4n) is 1.32. The van der Waals surface area contributed by atoms with Crippen molar-refractivity contribution in [3.8, 4) is 0 Å². The van der Waals surface area contributed by atoms with Crippen LogP contribution >= 0.6 is 31.9 Å². The van der Waals surface area contributed by atoms with Crippen LogP contribution in [0, 0.1) is 0 Å². The van der Waals surface area contributed by atoms with Crippen molar-refractivity contribution in [3.63, 3.8) is 0 Å². The number of halogens is 2. The summed E-state index contributed by atoms with van der Waals surface area (Å²) in [6, 6.07) is 4.52. The number of hydrogen-bond acceptors (Lipinski definition) is 5. The Bertz CT molecular complexity index is 704. The van der Waals surface area contributed by atoms with Crippen molar-refractivity contribution in [3.05, 3.63) is 39.7 Å². The monoisotopic (exact) mass is 406 g/mol. The number of benzene rings is 1. The lowest BCUT2D eigenvalue weighted by Crippen LogP contribution is -2.15. The summed E-state index contributed by atoms with van der Waals surface area (Å²) in [4.78, 5) is 7.75. The van der Waals surface area contributed by atoms with E-state index in [-0.39, 0.29) is 16.4 Å². The van der Waals surface area contributed by atoms with Gasteiger partial charge in [0.2, 0.25) is 0 Å². The molecule has 0 amide bonds. The maximum atomic E-state index is 12.1. The van der Waals surface area contributed by atoms with Gasteiger partial charge in [0.1, 0.15) is 9.50 Å². The molecule has 1 heterocycles. The van der Waals surface area contributed by atoms with Gasteiger partial charge < -0.3 is 5.73 Å². The Labute approximate surface area is 126 Å². The van der Waals surface area contributed by atoms with E-state index >= 15 is 0 Å². The molecule has 100 valence electrons. The number of nitrogens with two attached hydrogens (primary N) is 1. The zero-order valence-electron chi connectivity index (χ0n) is 9.34. The minimum Gasteiger partial charge on any atom is -0.398 e. The van der Waals surface area contributed by atoms with Crippen molar-refractivity contribution in [2.45, 2.75) is 4.90 Å². The zero-order valence-corrected chi connectivity index (χ0v) is 13.3. The Morgan fingerprint density at radius 3 is 2.47 bits per heavy atom. The highest BCUT2D eigenvalue weighted by Crippen LogP contribution is 2.24. The number of nitrogens with one attached hydrogen (secondary N) is 1. The quantitative estimate of drug-likeness (QED) is 0.761. The number of hydrogen-bond donors (Lipinski definition) is 2. The third kappa shape index (κ3) is 3.43. The molecule has 0 aliphatic rings. The van der Waals surface area contributed by atoms with Crippen molar-refractivity contribution in [2.75, 3.05) is 10.5 Å². The third-order valence-corrected chi connectivity index (χ3v) is 4.45. The minimum atomic E-state index is -3.79. The molecule has 0 unspecified atom stereocenters. The summed E-state index contributed by atoms with van der Waals surface area (Å²) in [7, 11) is -3.79. The molecule has 0 saturated carbocycles. The first-order valence-electron chi connectivity index (χ1n) is 4.94. The smallest absolute Gasteiger partial charge is 0.265 e. The van der Waals surface area contributed by atoms with E-state index in [2.05, 4.69) is 46.5 Å². The Hall–Kier alpha value is -1.19. The highest BCUT2D eigenvalue weighted by molar-refractivity contribution is 9.10. The minimum absolute atomic E-state index is 0.0135. The molecule has 0 atom stereocenters. The van der Waals surface area contributed by atoms with Gasteiger partial charge in [-0.15, -0.1) is 0 Å². The second-order valence-corrected chi connectivity index (χ2v) is 6.89. The van der Waals surface area contributed by atoms with Gasteiger partial charge in [-0.25, -0.2) is 18.4 Å². The molecular formula is C10H8Br2N4O2S. The Morgan fingerprint density at radius 1 is 1.16 bits per heavy atom. The highest BCUT2D eigenvalue weighted by atomic mass is 79.9. The summed E-state index contributed by atoms with van der Waals surface area (Å²) in [6.07, 6.45) is 2.69. The molecule has 0 aliphatic heterocycles. The van der Waals surface area contributed by atoms with E-state index in [1.807, 2.05) is 0 Å². The summed E-state index contributed by atoms with van der Waals surface area (Å²) in [5.41, 5.74) is 5.84. The van der Waals surface area contributed by atoms with Crippen LogP contribution in [0.4, 0.5) is 11.5 Å². The predicted octanol–water partition coefficient (Wildman–Crippen LogP) is 2.38. The normalized spacial score (nSPS) is 11.3. The van der Waals surface area contributed by atoms with E-state index in [9.17, 15) is 8.42 Å². The van der Waals surface area contributed by atoms with Crippen molar-refractivity contribution >= 4 is 53.4 Å². The first kappa shape index (κ1) is 14.2. The van der Waals surface area contributed by atoms with E-state index in [1.165, 1.54) is 24.5 Å². The first-order chi connectivity index (χ1) is 8.88. The van der Waals surface area contributed by atoms with Crippen molar-refractivity contribution in [1.29, 1.82) is 0 Å². The fourth-order valence-corrected chi connectivity index (χ4v) is 3.01. The third-order valence-electron chi connectivity index (χ3n) is 2.12. The fraction of sp³-hybridized carbons (Fsp3) is 0. The summed E-state index contributed by atoms with van der Waals surface area (Å²) >= 11 is 6.33. The molecule has 2 aromatic rings. The number of nitrogens with zero attached hydrogens (tertiary/aromatic N) is 2. The van der Waals surface area contributed by atoms with Crippen LogP contribution in [0.1, 0.15) is 0 Å². The molecule has 0 spiro atoms. The molecule has 0 fully saturated rings. The van der Waals surface area contributed by atoms with Crippen molar-refractivity contribution in [1.82, 2.24) is 9.97 Å². The van der Waals surface area contributed by atoms with Crippen LogP contribution in [-0.4, -0.2) is 18.4 Å². The van der Waals surface area contributed by atoms with Crippen LogP contribution in [-0.2, 0) is 10.0 Å². The lowest BCUT2D eigenvalue weighted by atomic mass is 10.3. The Morgan fingerprint density at radius 2 is 1.89 bits per heavy atom. The number of anilines is 2. The van der Waals surface area contributed by atoms with Gasteiger partial charge >= 0.3 is 0 Å². The molecule has 2 rings (SSSR count). The lowest BCUT2D eigenvalue weighted by Gasteiger charge is -2.09. The molecule has 0 aliphatic carbocycles. The lowest BCUT2D eigenvalue weighted by molar-refractivity contribution is 0.601. The van der Waals surface area contributed by atoms with Gasteiger partial charge in [-0.1, -0.05) is 15.9 Å². The van der Waals surface area contributed by atoms with E-state index in [0.717, 1.165) is 0 Å². The Kier molecular flexibility index (Phi) is 4.07. The topological polar surface area (TPSA) is 98.0 Å². The number of rotatable bonds is 3. The molecule has 1 aromatic heterocycles. The largest absolute Gasteiger partial charge is 0.398 e. The van der Waals surface area contributed by atoms with E-state index in [4.69, 9.17) is 5.73 Å². The zero-order chi connectivity index (χ0) is 14.0. The molecule has 0 radical (unpaired) electrons. The van der Waals surface area contributed by atoms with Crippen LogP contribution < -0.4 is 10.5 Å². The van der Waals surface area contributed by atoms with Gasteiger partial charge in [-0.05, 0) is 34.1 Å². The van der Waals surface area contributed by atoms with Crippen molar-refractivity contribution < 1.29 is 8.42 Å². The number of nitrogen functional groups attached to an aromatic ring is 1. The van der Waals surface area contributed by atoms with Crippen LogP contribution in [0.5, 0.6) is 0 Å². The number of sulfonamides is 1. The Balaban J connectivity index is 2.35. The molecular weight excluding hydrogens is 400 g/mol. The van der Waals surface area contributed by atoms with Gasteiger partial charge in [-0.2, -0.15) is 0 Å². The van der Waals surface area contributed by atoms with Gasteiger partial charge in [0.05, 0.1) is 18.1 Å². The molecule has 0 bridgehead atoms. The van der Waals surface area contributed by atoms with Crippen LogP contribution in [0.15, 0.2) is 44.6 Å². The SMILES string of the molecule is Nc1cc(Br)ccc1S(=O)(=O)Nc1cnc(Br)cn1. The predicted molar refractivity (Wildman–Crippen MR) is 79.1 cm³/mol. The van der Waals surface area contributed by atoms with Gasteiger partial charge in [0.15, 0.2) is 5.82 Å². The second-order valence-electron chi connectivity index (χ2n) is 3.51. The molecule has 3 N–H and O–H groups in total. The summed E-state index contributed by atoms with van der Waals surface area (Å²) in [5, 5.41) is 0. The average molecular weight is 408 g/mol. The molecule has 6 nitrogen and oxygen atoms in total. The van der Waals surface area contributed by atoms with Crippen molar-refractivity contribution in [2.24, 2.45) is 0 Å². The molecule has 19 heavy (non-hydrogen) atoms. The van der Waals surface area contributed by atoms with E-state index in [0.29, 0.717) is 9.08 Å². The van der Waals surface area contributed by atoms with Gasteiger partial charge in [0, 0.05) is 4.47 Å². The summed E-state index contributed by atoms with van der Waals surface area (Å²) in [6.45, 7) is 0. The van der Waals surface area contributed by atoms with Crippen LogP contribution in [0.2, 0.25) is 0 Å². The summed E-state index contributed by atoms with van der Waals surface area (Å²) in [5.74, 6) is 0.116. The molecule has 0 saturated heterocycles. The summed E-state index contributed by atoms with van der Waals surface area (Å²) < 4.78 is 27.8. The maximum absolute atomic E-state index is 12.1. The standard InChI is InChI=1S/C10H8Br2N4O2S/c11-6-1-2-8(7(13)3-6)19(17,18)16-10-5-14-9(12)4-15-10/h1-5H,13H2,(H,15,16).